The predicted octanol–water partition coefficient (Wildman–Crippen LogP) is 3.68. The van der Waals surface area contributed by atoms with E-state index in [1.54, 1.807) is 0 Å². The number of fused-ring (bicyclic) bond motifs is 1. The fraction of sp³-hybridized carbons (Fsp3) is 0.462. The van der Waals surface area contributed by atoms with E-state index in [1.807, 2.05) is 13.4 Å². The molecule has 0 aliphatic carbocycles. The quantitative estimate of drug-likeness (QED) is 0.782. The van der Waals surface area contributed by atoms with Crippen molar-refractivity contribution in [3.8, 4) is 0 Å². The Labute approximate surface area is 105 Å². The molecule has 1 aromatic heterocycles. The summed E-state index contributed by atoms with van der Waals surface area (Å²) < 4.78 is 2.05. The van der Waals surface area contributed by atoms with Gasteiger partial charge in [0.2, 0.25) is 0 Å². The summed E-state index contributed by atoms with van der Waals surface area (Å²) in [6.07, 6.45) is 5.40. The summed E-state index contributed by atoms with van der Waals surface area (Å²) in [5.74, 6) is 0. The monoisotopic (exact) mass is 280 g/mol. The summed E-state index contributed by atoms with van der Waals surface area (Å²) >= 11 is 3.72. The van der Waals surface area contributed by atoms with Crippen molar-refractivity contribution in [1.82, 2.24) is 9.55 Å². The lowest BCUT2D eigenvalue weighted by atomic mass is 10.1. The Bertz CT molecular complexity index is 476. The van der Waals surface area contributed by atoms with Gasteiger partial charge in [0.05, 0.1) is 17.4 Å². The van der Waals surface area contributed by atoms with Crippen LogP contribution in [0.25, 0.3) is 11.0 Å². The smallest absolute Gasteiger partial charge is 0.0955 e. The van der Waals surface area contributed by atoms with Crippen LogP contribution in [0.2, 0.25) is 0 Å². The first-order valence-electron chi connectivity index (χ1n) is 5.74. The molecule has 0 aliphatic heterocycles. The SMILES string of the molecule is CCCC(Br)Cc1ccc2c(c1)ncn2C. The maximum absolute atomic E-state index is 4.38. The fourth-order valence-electron chi connectivity index (χ4n) is 1.98. The number of hydrogen-bond acceptors (Lipinski definition) is 1. The van der Waals surface area contributed by atoms with Gasteiger partial charge in [-0.1, -0.05) is 35.3 Å². The molecule has 1 aromatic carbocycles. The predicted molar refractivity (Wildman–Crippen MR) is 72.0 cm³/mol. The largest absolute Gasteiger partial charge is 0.334 e. The molecule has 0 saturated heterocycles. The van der Waals surface area contributed by atoms with Gasteiger partial charge in [0.25, 0.3) is 0 Å². The molecule has 1 atom stereocenters. The van der Waals surface area contributed by atoms with Gasteiger partial charge in [-0.05, 0) is 30.5 Å². The van der Waals surface area contributed by atoms with E-state index >= 15 is 0 Å². The Morgan fingerprint density at radius 1 is 1.44 bits per heavy atom. The van der Waals surface area contributed by atoms with Crippen molar-refractivity contribution in [1.29, 1.82) is 0 Å². The van der Waals surface area contributed by atoms with Gasteiger partial charge >= 0.3 is 0 Å². The third-order valence-electron chi connectivity index (χ3n) is 2.85. The molecule has 2 rings (SSSR count). The van der Waals surface area contributed by atoms with E-state index in [-0.39, 0.29) is 0 Å². The lowest BCUT2D eigenvalue weighted by Crippen LogP contribution is -2.01. The van der Waals surface area contributed by atoms with Crippen molar-refractivity contribution in [2.45, 2.75) is 31.0 Å². The molecule has 3 heteroatoms. The number of rotatable bonds is 4. The molecule has 16 heavy (non-hydrogen) atoms. The number of halogens is 1. The van der Waals surface area contributed by atoms with E-state index in [0.29, 0.717) is 4.83 Å². The number of alkyl halides is 1. The molecule has 0 fully saturated rings. The van der Waals surface area contributed by atoms with Crippen molar-refractivity contribution >= 4 is 27.0 Å². The highest BCUT2D eigenvalue weighted by molar-refractivity contribution is 9.09. The minimum atomic E-state index is 0.582. The Balaban J connectivity index is 2.19. The first kappa shape index (κ1) is 11.6. The van der Waals surface area contributed by atoms with E-state index < -0.39 is 0 Å². The van der Waals surface area contributed by atoms with E-state index in [2.05, 4.69) is 50.6 Å². The molecule has 86 valence electrons. The van der Waals surface area contributed by atoms with Crippen LogP contribution in [0.3, 0.4) is 0 Å². The van der Waals surface area contributed by atoms with E-state index in [0.717, 1.165) is 11.9 Å². The molecule has 0 spiro atoms. The van der Waals surface area contributed by atoms with Crippen LogP contribution in [0, 0.1) is 0 Å². The minimum Gasteiger partial charge on any atom is -0.334 e. The second-order valence-corrected chi connectivity index (χ2v) is 5.56. The minimum absolute atomic E-state index is 0.582. The molecule has 0 amide bonds. The second-order valence-electron chi connectivity index (χ2n) is 4.27. The van der Waals surface area contributed by atoms with Crippen LogP contribution in [-0.2, 0) is 13.5 Å². The molecule has 1 heterocycles. The fourth-order valence-corrected chi connectivity index (χ4v) is 2.81. The Morgan fingerprint density at radius 3 is 3.00 bits per heavy atom. The van der Waals surface area contributed by atoms with Crippen molar-refractivity contribution in [3.63, 3.8) is 0 Å². The van der Waals surface area contributed by atoms with Gasteiger partial charge in [0.1, 0.15) is 0 Å². The van der Waals surface area contributed by atoms with Crippen LogP contribution in [0.1, 0.15) is 25.3 Å². The van der Waals surface area contributed by atoms with Crippen LogP contribution in [0.15, 0.2) is 24.5 Å². The number of imidazole rings is 1. The summed E-state index contributed by atoms with van der Waals surface area (Å²) in [5, 5.41) is 0. The van der Waals surface area contributed by atoms with Gasteiger partial charge in [-0.2, -0.15) is 0 Å². The van der Waals surface area contributed by atoms with Crippen LogP contribution in [0.5, 0.6) is 0 Å². The highest BCUT2D eigenvalue weighted by atomic mass is 79.9. The van der Waals surface area contributed by atoms with Gasteiger partial charge in [0.15, 0.2) is 0 Å². The summed E-state index contributed by atoms with van der Waals surface area (Å²) in [6, 6.07) is 6.55. The Morgan fingerprint density at radius 2 is 2.25 bits per heavy atom. The number of aryl methyl sites for hydroxylation is 1. The maximum Gasteiger partial charge on any atom is 0.0955 e. The molecule has 0 aliphatic rings. The molecule has 0 saturated carbocycles. The van der Waals surface area contributed by atoms with Crippen LogP contribution >= 0.6 is 15.9 Å². The van der Waals surface area contributed by atoms with E-state index in [4.69, 9.17) is 0 Å². The highest BCUT2D eigenvalue weighted by Crippen LogP contribution is 2.19. The molecule has 2 aromatic rings. The van der Waals surface area contributed by atoms with Gasteiger partial charge in [0, 0.05) is 11.9 Å². The van der Waals surface area contributed by atoms with Crippen molar-refractivity contribution in [2.75, 3.05) is 0 Å². The first-order chi connectivity index (χ1) is 7.70. The molecule has 1 unspecified atom stereocenters. The summed E-state index contributed by atoms with van der Waals surface area (Å²) in [7, 11) is 2.03. The summed E-state index contributed by atoms with van der Waals surface area (Å²) in [6.45, 7) is 2.22. The Kier molecular flexibility index (Phi) is 3.64. The standard InChI is InChI=1S/C13H17BrN2/c1-3-4-11(14)7-10-5-6-13-12(8-10)15-9-16(13)2/h5-6,8-9,11H,3-4,7H2,1-2H3. The number of benzene rings is 1. The third-order valence-corrected chi connectivity index (χ3v) is 3.63. The average Bonchev–Trinajstić information content (AvgIpc) is 2.60. The van der Waals surface area contributed by atoms with Gasteiger partial charge in [-0.15, -0.1) is 0 Å². The van der Waals surface area contributed by atoms with Crippen molar-refractivity contribution < 1.29 is 0 Å². The summed E-state index contributed by atoms with van der Waals surface area (Å²) in [5.41, 5.74) is 3.66. The zero-order valence-electron chi connectivity index (χ0n) is 9.78. The molecule has 0 bridgehead atoms. The zero-order valence-corrected chi connectivity index (χ0v) is 11.4. The van der Waals surface area contributed by atoms with Crippen LogP contribution in [-0.4, -0.2) is 14.4 Å². The highest BCUT2D eigenvalue weighted by Gasteiger charge is 2.06. The number of aromatic nitrogens is 2. The molecule has 2 nitrogen and oxygen atoms in total. The van der Waals surface area contributed by atoms with Gasteiger partial charge in [-0.25, -0.2) is 4.98 Å². The lowest BCUT2D eigenvalue weighted by molar-refractivity contribution is 0.745. The van der Waals surface area contributed by atoms with E-state index in [1.165, 1.54) is 23.9 Å². The average molecular weight is 281 g/mol. The molecule has 0 N–H and O–H groups in total. The van der Waals surface area contributed by atoms with E-state index in [9.17, 15) is 0 Å². The van der Waals surface area contributed by atoms with Crippen molar-refractivity contribution in [3.05, 3.63) is 30.1 Å². The lowest BCUT2D eigenvalue weighted by Gasteiger charge is -2.08. The number of nitrogens with zero attached hydrogens (tertiary/aromatic N) is 2. The first-order valence-corrected chi connectivity index (χ1v) is 6.66. The van der Waals surface area contributed by atoms with Crippen LogP contribution in [0.4, 0.5) is 0 Å². The van der Waals surface area contributed by atoms with Gasteiger partial charge < -0.3 is 4.57 Å². The molecular weight excluding hydrogens is 264 g/mol. The molecule has 0 radical (unpaired) electrons. The maximum atomic E-state index is 4.38. The zero-order chi connectivity index (χ0) is 11.5. The number of hydrogen-bond donors (Lipinski definition) is 0. The normalized spacial score (nSPS) is 13.2. The Hall–Kier alpha value is -0.830. The third kappa shape index (κ3) is 2.46. The second kappa shape index (κ2) is 5.00. The van der Waals surface area contributed by atoms with Crippen LogP contribution < -0.4 is 0 Å². The van der Waals surface area contributed by atoms with Crippen molar-refractivity contribution in [2.24, 2.45) is 7.05 Å². The summed E-state index contributed by atoms with van der Waals surface area (Å²) in [4.78, 5) is 4.96. The topological polar surface area (TPSA) is 17.8 Å². The molecular formula is C13H17BrN2. The van der Waals surface area contributed by atoms with Gasteiger partial charge in [-0.3, -0.25) is 0 Å².